The molecule has 84 valence electrons. The fourth-order valence-corrected chi connectivity index (χ4v) is 1.51. The summed E-state index contributed by atoms with van der Waals surface area (Å²) in [5.41, 5.74) is 1.96. The van der Waals surface area contributed by atoms with Crippen LogP contribution in [0.3, 0.4) is 0 Å². The average Bonchev–Trinajstić information content (AvgIpc) is 2.01. The van der Waals surface area contributed by atoms with Gasteiger partial charge < -0.3 is 4.70 Å². The summed E-state index contributed by atoms with van der Waals surface area (Å²) >= 11 is 0. The number of hydrogen-bond donors (Lipinski definition) is 0. The van der Waals surface area contributed by atoms with Crippen LogP contribution in [0.25, 0.3) is 0 Å². The first-order valence-electron chi connectivity index (χ1n) is 4.79. The quantitative estimate of drug-likeness (QED) is 0.469. The van der Waals surface area contributed by atoms with Crippen molar-refractivity contribution >= 4 is 7.27 Å². The molecule has 1 aromatic heterocycles. The Hall–Kier alpha value is -0.995. The highest BCUT2D eigenvalue weighted by Crippen LogP contribution is 2.10. The molecule has 1 heterocycles. The number of aromatic nitrogens is 1. The molecule has 0 aliphatic carbocycles. The van der Waals surface area contributed by atoms with Crippen LogP contribution in [-0.4, -0.2) is 7.27 Å². The molecule has 0 saturated carbocycles. The van der Waals surface area contributed by atoms with Gasteiger partial charge in [0, 0.05) is 17.5 Å². The van der Waals surface area contributed by atoms with Crippen molar-refractivity contribution in [1.82, 2.24) is 0 Å². The van der Waals surface area contributed by atoms with Gasteiger partial charge in [-0.3, -0.25) is 8.63 Å². The first-order valence-corrected chi connectivity index (χ1v) is 4.79. The van der Waals surface area contributed by atoms with Gasteiger partial charge >= 0.3 is 7.27 Å². The summed E-state index contributed by atoms with van der Waals surface area (Å²) in [4.78, 5) is 0. The lowest BCUT2D eigenvalue weighted by Gasteiger charge is -2.06. The zero-order chi connectivity index (χ0) is 10.7. The molecule has 5 heteroatoms. The number of hydrogen-bond acceptors (Lipinski definition) is 0. The molecular weight excluding hydrogens is 202 g/mol. The normalized spacial score (nSPS) is 10.0. The van der Waals surface area contributed by atoms with Crippen molar-refractivity contribution in [2.24, 2.45) is 0 Å². The number of rotatable bonds is 3. The van der Waals surface area contributed by atoms with Crippen LogP contribution in [0.5, 0.6) is 0 Å². The van der Waals surface area contributed by atoms with Crippen molar-refractivity contribution in [2.45, 2.75) is 33.1 Å². The van der Waals surface area contributed by atoms with Crippen molar-refractivity contribution in [1.29, 1.82) is 0 Å². The first kappa shape index (κ1) is 14.0. The molecule has 1 rings (SSSR count). The Balaban J connectivity index is 0.00000196. The van der Waals surface area contributed by atoms with Crippen LogP contribution < -0.4 is 9.27 Å². The predicted octanol–water partition coefficient (Wildman–Crippen LogP) is -0.624. The summed E-state index contributed by atoms with van der Waals surface area (Å²) in [7, 11) is -2.29. The highest BCUT2D eigenvalue weighted by molar-refractivity contribution is 6.40. The molecule has 1 nitrogen and oxygen atoms in total. The smallest absolute Gasteiger partial charge is 0.604 e. The Bertz CT molecular complexity index is 316. The minimum absolute atomic E-state index is 0. The molecule has 0 saturated heterocycles. The molecule has 0 atom stereocenters. The maximum Gasteiger partial charge on any atom is 0.604 e. The molecule has 0 radical (unpaired) electrons. The summed E-state index contributed by atoms with van der Waals surface area (Å²) in [6.07, 6.45) is 1.57. The van der Waals surface area contributed by atoms with Gasteiger partial charge in [0.1, 0.15) is 0 Å². The van der Waals surface area contributed by atoms with Crippen LogP contribution in [0.4, 0.5) is 8.63 Å². The topological polar surface area (TPSA) is 3.88 Å². The van der Waals surface area contributed by atoms with Gasteiger partial charge in [-0.15, -0.1) is 0 Å². The number of nitrogens with zero attached hydrogens (tertiary/aromatic N) is 1. The minimum Gasteiger partial charge on any atom is -1.00 e. The largest absolute Gasteiger partial charge is 1.00 e. The van der Waals surface area contributed by atoms with Crippen molar-refractivity contribution in [2.75, 3.05) is 0 Å². The van der Waals surface area contributed by atoms with Crippen LogP contribution in [0, 0.1) is 6.92 Å². The Labute approximate surface area is 88.7 Å². The third-order valence-corrected chi connectivity index (χ3v) is 2.13. The lowest BCUT2D eigenvalue weighted by molar-refractivity contribution is -0.690. The van der Waals surface area contributed by atoms with E-state index in [1.165, 1.54) is 0 Å². The number of pyridine rings is 1. The van der Waals surface area contributed by atoms with Gasteiger partial charge in [0.2, 0.25) is 0 Å². The Kier molecular flexibility index (Phi) is 5.40. The second kappa shape index (κ2) is 5.78. The van der Waals surface area contributed by atoms with E-state index in [2.05, 4.69) is 0 Å². The van der Waals surface area contributed by atoms with E-state index in [-0.39, 0.29) is 17.1 Å². The molecule has 0 aliphatic heterocycles. The highest BCUT2D eigenvalue weighted by atomic mass is 19.2. The van der Waals surface area contributed by atoms with E-state index in [0.717, 1.165) is 11.3 Å². The Morgan fingerprint density at radius 1 is 1.33 bits per heavy atom. The zero-order valence-corrected chi connectivity index (χ0v) is 9.17. The van der Waals surface area contributed by atoms with Gasteiger partial charge in [-0.2, -0.15) is 0 Å². The van der Waals surface area contributed by atoms with Crippen LogP contribution in [-0.2, 0) is 6.44 Å². The Morgan fingerprint density at radius 2 is 1.93 bits per heavy atom. The van der Waals surface area contributed by atoms with E-state index in [1.807, 2.05) is 32.9 Å². The van der Waals surface area contributed by atoms with E-state index in [1.54, 1.807) is 10.8 Å². The third kappa shape index (κ3) is 3.94. The van der Waals surface area contributed by atoms with E-state index in [0.29, 0.717) is 0 Å². The molecule has 0 unspecified atom stereocenters. The van der Waals surface area contributed by atoms with E-state index >= 15 is 0 Å². The molecule has 1 aromatic rings. The molecular formula is C10H15BF3N. The van der Waals surface area contributed by atoms with Crippen LogP contribution in [0.1, 0.15) is 31.0 Å². The lowest BCUT2D eigenvalue weighted by atomic mass is 9.98. The van der Waals surface area contributed by atoms with E-state index < -0.39 is 7.27 Å². The SMILES string of the molecule is Cc1ccc(C(C)C)[n+](CB(F)F)c1.[F-]. The molecule has 0 spiro atoms. The fourth-order valence-electron chi connectivity index (χ4n) is 1.51. The van der Waals surface area contributed by atoms with Crippen LogP contribution >= 0.6 is 0 Å². The van der Waals surface area contributed by atoms with E-state index in [4.69, 9.17) is 0 Å². The fraction of sp³-hybridized carbons (Fsp3) is 0.500. The number of aryl methyl sites for hydroxylation is 1. The molecule has 0 N–H and O–H groups in total. The summed E-state index contributed by atoms with van der Waals surface area (Å²) in [5, 5.41) is 0. The van der Waals surface area contributed by atoms with Crippen molar-refractivity contribution < 1.29 is 17.9 Å². The molecule has 0 amide bonds. The second-order valence-electron chi connectivity index (χ2n) is 3.83. The van der Waals surface area contributed by atoms with Gasteiger partial charge in [0.15, 0.2) is 18.3 Å². The lowest BCUT2D eigenvalue weighted by Crippen LogP contribution is -3.00. The molecule has 0 bridgehead atoms. The summed E-state index contributed by atoms with van der Waals surface area (Å²) < 4.78 is 26.2. The van der Waals surface area contributed by atoms with Crippen molar-refractivity contribution in [3.8, 4) is 0 Å². The third-order valence-electron chi connectivity index (χ3n) is 2.13. The van der Waals surface area contributed by atoms with Gasteiger partial charge in [-0.05, 0) is 13.0 Å². The number of halogens is 3. The van der Waals surface area contributed by atoms with Gasteiger partial charge in [-0.25, -0.2) is 4.57 Å². The molecule has 15 heavy (non-hydrogen) atoms. The monoisotopic (exact) mass is 217 g/mol. The van der Waals surface area contributed by atoms with Crippen molar-refractivity contribution in [3.05, 3.63) is 29.6 Å². The average molecular weight is 217 g/mol. The highest BCUT2D eigenvalue weighted by Gasteiger charge is 2.23. The standard InChI is InChI=1S/C10H15BF2N.FH/c1-8(2)10-5-4-9(3)6-14(10)7-11(12)13;/h4-6,8H,7H2,1-3H3;1H/q+1;/p-1. The Morgan fingerprint density at radius 3 is 2.40 bits per heavy atom. The minimum atomic E-state index is -2.29. The molecule has 0 fully saturated rings. The van der Waals surface area contributed by atoms with Gasteiger partial charge in [0.05, 0.1) is 0 Å². The maximum atomic E-state index is 12.3. The van der Waals surface area contributed by atoms with Gasteiger partial charge in [-0.1, -0.05) is 13.8 Å². The molecule has 0 aromatic carbocycles. The first-order chi connectivity index (χ1) is 6.50. The van der Waals surface area contributed by atoms with Crippen LogP contribution in [0.15, 0.2) is 18.3 Å². The predicted molar refractivity (Wildman–Crippen MR) is 53.4 cm³/mol. The van der Waals surface area contributed by atoms with Crippen LogP contribution in [0.2, 0.25) is 0 Å². The summed E-state index contributed by atoms with van der Waals surface area (Å²) in [5.74, 6) is 0.273. The van der Waals surface area contributed by atoms with Crippen molar-refractivity contribution in [3.63, 3.8) is 0 Å². The maximum absolute atomic E-state index is 12.3. The second-order valence-corrected chi connectivity index (χ2v) is 3.83. The molecule has 0 aliphatic rings. The summed E-state index contributed by atoms with van der Waals surface area (Å²) in [6.45, 7) is 5.92. The van der Waals surface area contributed by atoms with E-state index in [9.17, 15) is 8.63 Å². The van der Waals surface area contributed by atoms with Gasteiger partial charge in [0.25, 0.3) is 0 Å². The summed E-state index contributed by atoms with van der Waals surface area (Å²) in [6, 6.07) is 3.87. The zero-order valence-electron chi connectivity index (χ0n) is 9.17.